The van der Waals surface area contributed by atoms with Crippen LogP contribution in [0.2, 0.25) is 5.02 Å². The Morgan fingerprint density at radius 1 is 1.54 bits per heavy atom. The minimum Gasteiger partial charge on any atom is -0.454 e. The first-order valence-electron chi connectivity index (χ1n) is 7.96. The Morgan fingerprint density at radius 3 is 3.04 bits per heavy atom. The molecule has 3 rings (SSSR count). The van der Waals surface area contributed by atoms with Crippen LogP contribution in [0, 0.1) is 11.3 Å². The van der Waals surface area contributed by atoms with E-state index in [4.69, 9.17) is 21.6 Å². The van der Waals surface area contributed by atoms with Crippen LogP contribution in [0.3, 0.4) is 0 Å². The first-order valence-corrected chi connectivity index (χ1v) is 9.33. The predicted octanol–water partition coefficient (Wildman–Crippen LogP) is 2.15. The molecular formula is C17H16ClN3O4S. The molecule has 2 amide bonds. The topological polar surface area (TPSA) is 99.5 Å². The summed E-state index contributed by atoms with van der Waals surface area (Å²) in [6.45, 7) is 1.43. The summed E-state index contributed by atoms with van der Waals surface area (Å²) in [6, 6.07) is 5.74. The third kappa shape index (κ3) is 3.50. The molecule has 2 heterocycles. The molecule has 0 bridgehead atoms. The van der Waals surface area contributed by atoms with Gasteiger partial charge in [-0.1, -0.05) is 11.6 Å². The summed E-state index contributed by atoms with van der Waals surface area (Å²) in [6.07, 6.45) is 1.12. The van der Waals surface area contributed by atoms with E-state index in [0.29, 0.717) is 23.6 Å². The molecule has 0 saturated carbocycles. The molecule has 2 fully saturated rings. The highest BCUT2D eigenvalue weighted by Gasteiger charge is 2.53. The number of nitrogens with zero attached hydrogens (tertiary/aromatic N) is 2. The van der Waals surface area contributed by atoms with Crippen molar-refractivity contribution in [2.75, 3.05) is 17.7 Å². The van der Waals surface area contributed by atoms with Gasteiger partial charge in [0.1, 0.15) is 12.1 Å². The normalized spacial score (nSPS) is 24.1. The molecule has 1 aromatic carbocycles. The molecule has 1 N–H and O–H groups in total. The molecule has 2 aliphatic heterocycles. The molecular weight excluding hydrogens is 378 g/mol. The van der Waals surface area contributed by atoms with Gasteiger partial charge in [0.2, 0.25) is 5.91 Å². The number of hydrogen-bond acceptors (Lipinski definition) is 6. The van der Waals surface area contributed by atoms with Gasteiger partial charge < -0.3 is 15.0 Å². The number of rotatable bonds is 4. The molecule has 0 radical (unpaired) electrons. The molecule has 2 aliphatic rings. The summed E-state index contributed by atoms with van der Waals surface area (Å²) in [5.74, 6) is -0.798. The van der Waals surface area contributed by atoms with Gasteiger partial charge in [-0.25, -0.2) is 4.79 Å². The van der Waals surface area contributed by atoms with Gasteiger partial charge in [0.15, 0.2) is 6.61 Å². The number of halogens is 1. The van der Waals surface area contributed by atoms with Gasteiger partial charge in [0, 0.05) is 17.2 Å². The molecule has 0 aromatic heterocycles. The maximum atomic E-state index is 12.3. The average Bonchev–Trinajstić information content (AvgIpc) is 3.09. The van der Waals surface area contributed by atoms with Crippen LogP contribution >= 0.6 is 23.4 Å². The second-order valence-corrected chi connectivity index (χ2v) is 8.16. The van der Waals surface area contributed by atoms with Crippen molar-refractivity contribution in [3.05, 3.63) is 28.8 Å². The Kier molecular flexibility index (Phi) is 5.12. The second kappa shape index (κ2) is 7.17. The van der Waals surface area contributed by atoms with Crippen LogP contribution in [-0.2, 0) is 19.1 Å². The van der Waals surface area contributed by atoms with Gasteiger partial charge in [-0.3, -0.25) is 9.59 Å². The van der Waals surface area contributed by atoms with Crippen LogP contribution < -0.4 is 5.32 Å². The van der Waals surface area contributed by atoms with Crippen molar-refractivity contribution in [3.8, 4) is 6.07 Å². The van der Waals surface area contributed by atoms with Gasteiger partial charge in [0.05, 0.1) is 16.1 Å². The number of thioether (sulfide) groups is 1. The van der Waals surface area contributed by atoms with E-state index in [1.54, 1.807) is 16.7 Å². The highest BCUT2D eigenvalue weighted by Crippen LogP contribution is 2.47. The SMILES string of the molecule is C[C@@]12CCC(=O)N1[C@H](C(=O)OCC(=O)Nc1cc(Cl)ccc1C#N)CS2. The Morgan fingerprint density at radius 2 is 2.31 bits per heavy atom. The van der Waals surface area contributed by atoms with Gasteiger partial charge in [-0.15, -0.1) is 11.8 Å². The first-order chi connectivity index (χ1) is 12.3. The predicted molar refractivity (Wildman–Crippen MR) is 96.5 cm³/mol. The number of esters is 1. The lowest BCUT2D eigenvalue weighted by atomic mass is 10.2. The fourth-order valence-corrected chi connectivity index (χ4v) is 4.72. The number of hydrogen-bond donors (Lipinski definition) is 1. The highest BCUT2D eigenvalue weighted by atomic mass is 35.5. The van der Waals surface area contributed by atoms with Gasteiger partial charge in [-0.05, 0) is 31.5 Å². The van der Waals surface area contributed by atoms with Crippen LogP contribution in [0.5, 0.6) is 0 Å². The quantitative estimate of drug-likeness (QED) is 0.787. The summed E-state index contributed by atoms with van der Waals surface area (Å²) < 4.78 is 5.09. The smallest absolute Gasteiger partial charge is 0.330 e. The van der Waals surface area contributed by atoms with Crippen molar-refractivity contribution < 1.29 is 19.1 Å². The van der Waals surface area contributed by atoms with Gasteiger partial charge >= 0.3 is 5.97 Å². The minimum absolute atomic E-state index is 0.0681. The Labute approximate surface area is 159 Å². The molecule has 136 valence electrons. The lowest BCUT2D eigenvalue weighted by Crippen LogP contribution is -2.47. The van der Waals surface area contributed by atoms with E-state index in [1.807, 2.05) is 13.0 Å². The number of nitrogens with one attached hydrogen (secondary N) is 1. The maximum absolute atomic E-state index is 12.3. The molecule has 26 heavy (non-hydrogen) atoms. The number of benzene rings is 1. The zero-order valence-electron chi connectivity index (χ0n) is 14.0. The molecule has 9 heteroatoms. The first kappa shape index (κ1) is 18.5. The van der Waals surface area contributed by atoms with Crippen LogP contribution in [0.15, 0.2) is 18.2 Å². The molecule has 2 atom stereocenters. The van der Waals surface area contributed by atoms with Crippen molar-refractivity contribution in [2.45, 2.75) is 30.7 Å². The van der Waals surface area contributed by atoms with Gasteiger partial charge in [-0.2, -0.15) is 5.26 Å². The van der Waals surface area contributed by atoms with Crippen LogP contribution in [0.4, 0.5) is 5.69 Å². The third-order valence-corrected chi connectivity index (χ3v) is 6.18. The second-order valence-electron chi connectivity index (χ2n) is 6.22. The summed E-state index contributed by atoms with van der Waals surface area (Å²) in [4.78, 5) is 37.6. The number of fused-ring (bicyclic) bond motifs is 1. The minimum atomic E-state index is -0.673. The van der Waals surface area contributed by atoms with Crippen LogP contribution in [0.1, 0.15) is 25.3 Å². The standard InChI is InChI=1S/C17H16ClN3O4S/c1-17-5-4-15(23)21(17)13(9-26-17)16(24)25-8-14(22)20-12-6-11(18)3-2-10(12)7-19/h2-3,6,13H,4-5,8-9H2,1H3,(H,20,22)/t13-,17+/m0/s1. The molecule has 7 nitrogen and oxygen atoms in total. The Balaban J connectivity index is 1.59. The highest BCUT2D eigenvalue weighted by molar-refractivity contribution is 8.01. The number of carbonyl (C=O) groups excluding carboxylic acids is 3. The van der Waals surface area contributed by atoms with E-state index in [2.05, 4.69) is 5.32 Å². The zero-order valence-corrected chi connectivity index (χ0v) is 15.5. The zero-order chi connectivity index (χ0) is 18.9. The van der Waals surface area contributed by atoms with E-state index < -0.39 is 24.5 Å². The monoisotopic (exact) mass is 393 g/mol. The van der Waals surface area contributed by atoms with Crippen molar-refractivity contribution in [1.82, 2.24) is 4.90 Å². The summed E-state index contributed by atoms with van der Waals surface area (Å²) in [5, 5.41) is 11.9. The third-order valence-electron chi connectivity index (χ3n) is 4.44. The Bertz CT molecular complexity index is 825. The maximum Gasteiger partial charge on any atom is 0.330 e. The van der Waals surface area contributed by atoms with E-state index in [-0.39, 0.29) is 22.0 Å². The van der Waals surface area contributed by atoms with Crippen molar-refractivity contribution in [3.63, 3.8) is 0 Å². The number of amides is 2. The number of carbonyl (C=O) groups is 3. The lowest BCUT2D eigenvalue weighted by molar-refractivity contribution is -0.155. The summed E-state index contributed by atoms with van der Waals surface area (Å²) in [7, 11) is 0. The molecule has 1 aromatic rings. The van der Waals surface area contributed by atoms with Gasteiger partial charge in [0.25, 0.3) is 5.91 Å². The lowest BCUT2D eigenvalue weighted by Gasteiger charge is -2.29. The fourth-order valence-electron chi connectivity index (χ4n) is 3.13. The van der Waals surface area contributed by atoms with Crippen molar-refractivity contribution in [1.29, 1.82) is 5.26 Å². The molecule has 0 unspecified atom stereocenters. The summed E-state index contributed by atoms with van der Waals surface area (Å²) in [5.41, 5.74) is 0.500. The summed E-state index contributed by atoms with van der Waals surface area (Å²) >= 11 is 7.42. The fraction of sp³-hybridized carbons (Fsp3) is 0.412. The largest absolute Gasteiger partial charge is 0.454 e. The van der Waals surface area contributed by atoms with Crippen molar-refractivity contribution >= 4 is 46.8 Å². The van der Waals surface area contributed by atoms with E-state index in [9.17, 15) is 14.4 Å². The van der Waals surface area contributed by atoms with E-state index in [1.165, 1.54) is 18.2 Å². The van der Waals surface area contributed by atoms with Crippen LogP contribution in [-0.4, -0.2) is 46.0 Å². The van der Waals surface area contributed by atoms with Crippen LogP contribution in [0.25, 0.3) is 0 Å². The molecule has 0 spiro atoms. The van der Waals surface area contributed by atoms with E-state index in [0.717, 1.165) is 0 Å². The molecule has 2 saturated heterocycles. The van der Waals surface area contributed by atoms with E-state index >= 15 is 0 Å². The number of nitriles is 1. The average molecular weight is 394 g/mol. The number of ether oxygens (including phenoxy) is 1. The van der Waals surface area contributed by atoms with Crippen molar-refractivity contribution in [2.24, 2.45) is 0 Å². The Hall–Kier alpha value is -2.24. The number of anilines is 1. The molecule has 0 aliphatic carbocycles.